The fourth-order valence-corrected chi connectivity index (χ4v) is 3.43. The van der Waals surface area contributed by atoms with Gasteiger partial charge < -0.3 is 4.90 Å². The van der Waals surface area contributed by atoms with Crippen molar-refractivity contribution in [3.8, 4) is 11.4 Å². The Morgan fingerprint density at radius 2 is 2.00 bits per heavy atom. The lowest BCUT2D eigenvalue weighted by molar-refractivity contribution is -0.133. The van der Waals surface area contributed by atoms with E-state index in [-0.39, 0.29) is 18.3 Å². The van der Waals surface area contributed by atoms with Crippen LogP contribution in [0.25, 0.3) is 11.4 Å². The zero-order chi connectivity index (χ0) is 18.8. The zero-order valence-electron chi connectivity index (χ0n) is 15.0. The zero-order valence-corrected chi connectivity index (χ0v) is 15.0. The lowest BCUT2D eigenvalue weighted by Gasteiger charge is -2.31. The molecule has 1 fully saturated rings. The molecule has 0 atom stereocenters. The van der Waals surface area contributed by atoms with E-state index < -0.39 is 0 Å². The van der Waals surface area contributed by atoms with Gasteiger partial charge in [-0.25, -0.2) is 4.39 Å². The third-order valence-electron chi connectivity index (χ3n) is 4.96. The Morgan fingerprint density at radius 3 is 2.67 bits per heavy atom. The standard InChI is InChI=1S/C18H20FN7O/c1-12-10-20-21-17(12)13-6-8-25(9-7-13)16(27)11-26-23-18(22-24-26)14-2-4-15(19)5-3-14/h2-5,10,13H,6-9,11H2,1H3,(H,20,21). The van der Waals surface area contributed by atoms with Gasteiger partial charge in [0.2, 0.25) is 11.7 Å². The number of likely N-dealkylation sites (tertiary alicyclic amines) is 1. The van der Waals surface area contributed by atoms with Gasteiger partial charge in [0, 0.05) is 30.3 Å². The number of halogens is 1. The molecule has 0 unspecified atom stereocenters. The highest BCUT2D eigenvalue weighted by molar-refractivity contribution is 5.76. The molecule has 9 heteroatoms. The van der Waals surface area contributed by atoms with Gasteiger partial charge in [0.15, 0.2) is 0 Å². The number of tetrazole rings is 1. The topological polar surface area (TPSA) is 92.6 Å². The van der Waals surface area contributed by atoms with Gasteiger partial charge >= 0.3 is 0 Å². The van der Waals surface area contributed by atoms with E-state index in [9.17, 15) is 9.18 Å². The van der Waals surface area contributed by atoms with Gasteiger partial charge in [0.25, 0.3) is 0 Å². The Bertz CT molecular complexity index is 925. The summed E-state index contributed by atoms with van der Waals surface area (Å²) in [5.74, 6) is 0.426. The Hall–Kier alpha value is -3.10. The first-order valence-corrected chi connectivity index (χ1v) is 8.91. The molecule has 140 valence electrons. The highest BCUT2D eigenvalue weighted by Gasteiger charge is 2.26. The van der Waals surface area contributed by atoms with Gasteiger partial charge in [0.1, 0.15) is 12.4 Å². The minimum atomic E-state index is -0.324. The number of amides is 1. The summed E-state index contributed by atoms with van der Waals surface area (Å²) in [7, 11) is 0. The maximum atomic E-state index is 13.0. The predicted octanol–water partition coefficient (Wildman–Crippen LogP) is 1.92. The van der Waals surface area contributed by atoms with Crippen molar-refractivity contribution in [1.82, 2.24) is 35.3 Å². The van der Waals surface area contributed by atoms with Gasteiger partial charge in [-0.05, 0) is 54.8 Å². The number of aryl methyl sites for hydroxylation is 1. The molecule has 3 heterocycles. The van der Waals surface area contributed by atoms with E-state index >= 15 is 0 Å². The number of aromatic amines is 1. The monoisotopic (exact) mass is 369 g/mol. The molecule has 4 rings (SSSR count). The smallest absolute Gasteiger partial charge is 0.246 e. The molecule has 27 heavy (non-hydrogen) atoms. The van der Waals surface area contributed by atoms with Crippen LogP contribution in [0.3, 0.4) is 0 Å². The maximum absolute atomic E-state index is 13.0. The number of hydrogen-bond acceptors (Lipinski definition) is 5. The molecule has 1 aromatic carbocycles. The van der Waals surface area contributed by atoms with Crippen LogP contribution in [0, 0.1) is 12.7 Å². The van der Waals surface area contributed by atoms with Gasteiger partial charge in [-0.1, -0.05) is 0 Å². The second-order valence-corrected chi connectivity index (χ2v) is 6.77. The van der Waals surface area contributed by atoms with Crippen LogP contribution in [0.15, 0.2) is 30.5 Å². The molecule has 1 aliphatic rings. The predicted molar refractivity (Wildman–Crippen MR) is 95.1 cm³/mol. The van der Waals surface area contributed by atoms with Crippen molar-refractivity contribution >= 4 is 5.91 Å². The molecule has 3 aromatic rings. The van der Waals surface area contributed by atoms with Crippen molar-refractivity contribution in [1.29, 1.82) is 0 Å². The van der Waals surface area contributed by atoms with E-state index in [4.69, 9.17) is 0 Å². The van der Waals surface area contributed by atoms with E-state index in [0.29, 0.717) is 30.4 Å². The number of rotatable bonds is 4. The number of hydrogen-bond donors (Lipinski definition) is 1. The summed E-state index contributed by atoms with van der Waals surface area (Å²) in [5, 5.41) is 19.3. The molecule has 1 N–H and O–H groups in total. The van der Waals surface area contributed by atoms with Crippen LogP contribution in [0.1, 0.15) is 30.0 Å². The van der Waals surface area contributed by atoms with Crippen LogP contribution in [0.2, 0.25) is 0 Å². The molecule has 1 aliphatic heterocycles. The molecule has 8 nitrogen and oxygen atoms in total. The van der Waals surface area contributed by atoms with Crippen molar-refractivity contribution in [3.63, 3.8) is 0 Å². The number of H-pyrrole nitrogens is 1. The molecular weight excluding hydrogens is 349 g/mol. The normalized spacial score (nSPS) is 15.3. The molecule has 0 spiro atoms. The quantitative estimate of drug-likeness (QED) is 0.758. The van der Waals surface area contributed by atoms with Crippen molar-refractivity contribution in [3.05, 3.63) is 47.5 Å². The second-order valence-electron chi connectivity index (χ2n) is 6.77. The van der Waals surface area contributed by atoms with Gasteiger partial charge in [-0.2, -0.15) is 9.90 Å². The number of piperidine rings is 1. The number of aromatic nitrogens is 6. The molecule has 0 bridgehead atoms. The molecule has 2 aromatic heterocycles. The SMILES string of the molecule is Cc1cn[nH]c1C1CCN(C(=O)Cn2nnc(-c3ccc(F)cc3)n2)CC1. The highest BCUT2D eigenvalue weighted by atomic mass is 19.1. The molecule has 0 saturated carbocycles. The molecule has 0 aliphatic carbocycles. The number of carbonyl (C=O) groups excluding carboxylic acids is 1. The van der Waals surface area contributed by atoms with Crippen LogP contribution in [-0.4, -0.2) is 54.3 Å². The Morgan fingerprint density at radius 1 is 1.26 bits per heavy atom. The number of nitrogens with one attached hydrogen (secondary N) is 1. The summed E-state index contributed by atoms with van der Waals surface area (Å²) in [6.07, 6.45) is 3.64. The first-order valence-electron chi connectivity index (χ1n) is 8.91. The average molecular weight is 369 g/mol. The fourth-order valence-electron chi connectivity index (χ4n) is 3.43. The fraction of sp³-hybridized carbons (Fsp3) is 0.389. The average Bonchev–Trinajstić information content (AvgIpc) is 3.31. The summed E-state index contributed by atoms with van der Waals surface area (Å²) >= 11 is 0. The lowest BCUT2D eigenvalue weighted by atomic mass is 9.92. The van der Waals surface area contributed by atoms with E-state index in [1.54, 1.807) is 12.1 Å². The first-order chi connectivity index (χ1) is 13.1. The largest absolute Gasteiger partial charge is 0.341 e. The van der Waals surface area contributed by atoms with E-state index in [2.05, 4.69) is 25.6 Å². The van der Waals surface area contributed by atoms with Crippen molar-refractivity contribution < 1.29 is 9.18 Å². The minimum absolute atomic E-state index is 0.0298. The summed E-state index contributed by atoms with van der Waals surface area (Å²) < 4.78 is 13.0. The van der Waals surface area contributed by atoms with Crippen molar-refractivity contribution in [2.24, 2.45) is 0 Å². The summed E-state index contributed by atoms with van der Waals surface area (Å²) in [6, 6.07) is 5.85. The van der Waals surface area contributed by atoms with Crippen LogP contribution in [0.4, 0.5) is 4.39 Å². The Kier molecular flexibility index (Phi) is 4.66. The molecular formula is C18H20FN7O. The molecule has 1 amide bonds. The molecule has 0 radical (unpaired) electrons. The Balaban J connectivity index is 1.35. The van der Waals surface area contributed by atoms with E-state index in [0.717, 1.165) is 12.8 Å². The van der Waals surface area contributed by atoms with Crippen LogP contribution in [-0.2, 0) is 11.3 Å². The van der Waals surface area contributed by atoms with Gasteiger partial charge in [0.05, 0.1) is 6.20 Å². The number of nitrogens with zero attached hydrogens (tertiary/aromatic N) is 6. The molecule has 1 saturated heterocycles. The van der Waals surface area contributed by atoms with Gasteiger partial charge in [-0.3, -0.25) is 9.89 Å². The first kappa shape index (κ1) is 17.3. The van der Waals surface area contributed by atoms with Crippen LogP contribution in [0.5, 0.6) is 0 Å². The maximum Gasteiger partial charge on any atom is 0.246 e. The Labute approximate surface area is 155 Å². The highest BCUT2D eigenvalue weighted by Crippen LogP contribution is 2.28. The van der Waals surface area contributed by atoms with Crippen molar-refractivity contribution in [2.75, 3.05) is 13.1 Å². The van der Waals surface area contributed by atoms with Crippen LogP contribution < -0.4 is 0 Å². The summed E-state index contributed by atoms with van der Waals surface area (Å²) in [6.45, 7) is 3.48. The van der Waals surface area contributed by atoms with Crippen molar-refractivity contribution in [2.45, 2.75) is 32.2 Å². The summed E-state index contributed by atoms with van der Waals surface area (Å²) in [4.78, 5) is 15.7. The van der Waals surface area contributed by atoms with E-state index in [1.165, 1.54) is 28.2 Å². The van der Waals surface area contributed by atoms with Crippen LogP contribution >= 0.6 is 0 Å². The summed E-state index contributed by atoms with van der Waals surface area (Å²) in [5.41, 5.74) is 3.00. The third-order valence-corrected chi connectivity index (χ3v) is 4.96. The van der Waals surface area contributed by atoms with Gasteiger partial charge in [-0.15, -0.1) is 10.2 Å². The lowest BCUT2D eigenvalue weighted by Crippen LogP contribution is -2.40. The second kappa shape index (κ2) is 7.26. The number of benzene rings is 1. The minimum Gasteiger partial charge on any atom is -0.341 e. The number of carbonyl (C=O) groups is 1. The third kappa shape index (κ3) is 3.71. The van der Waals surface area contributed by atoms with E-state index in [1.807, 2.05) is 18.0 Å².